The van der Waals surface area contributed by atoms with Crippen LogP contribution in [0.4, 0.5) is 5.69 Å². The van der Waals surface area contributed by atoms with E-state index in [9.17, 15) is 0 Å². The molecule has 94 valence electrons. The Bertz CT molecular complexity index is 334. The molecule has 1 aromatic rings. The molecule has 2 rings (SSSR count). The van der Waals surface area contributed by atoms with Gasteiger partial charge in [-0.25, -0.2) is 0 Å². The second-order valence-electron chi connectivity index (χ2n) is 4.94. The summed E-state index contributed by atoms with van der Waals surface area (Å²) in [7, 11) is 0. The number of nitrogens with two attached hydrogens (primary N) is 1. The quantitative estimate of drug-likeness (QED) is 0.541. The maximum atomic E-state index is 5.70. The summed E-state index contributed by atoms with van der Waals surface area (Å²) in [6.45, 7) is 2.25. The molecule has 0 bridgehead atoms. The Kier molecular flexibility index (Phi) is 4.40. The summed E-state index contributed by atoms with van der Waals surface area (Å²) in [5.41, 5.74) is 14.6. The molecule has 3 heteroatoms. The molecule has 0 amide bonds. The zero-order valence-corrected chi connectivity index (χ0v) is 10.6. The molecule has 1 aromatic carbocycles. The molecule has 3 nitrogen and oxygen atoms in total. The summed E-state index contributed by atoms with van der Waals surface area (Å²) in [6.07, 6.45) is 6.40. The average molecular weight is 233 g/mol. The molecule has 17 heavy (non-hydrogen) atoms. The Balaban J connectivity index is 1.83. The summed E-state index contributed by atoms with van der Waals surface area (Å²) in [5, 5.41) is 0. The van der Waals surface area contributed by atoms with Crippen LogP contribution in [0.1, 0.15) is 50.6 Å². The van der Waals surface area contributed by atoms with E-state index in [2.05, 4.69) is 29.9 Å². The van der Waals surface area contributed by atoms with Crippen LogP contribution in [0.25, 0.3) is 0 Å². The van der Waals surface area contributed by atoms with Crippen LogP contribution in [0.3, 0.4) is 0 Å². The lowest BCUT2D eigenvalue weighted by molar-refractivity contribution is 0.492. The lowest BCUT2D eigenvalue weighted by Gasteiger charge is -2.10. The Hall–Kier alpha value is -1.06. The zero-order chi connectivity index (χ0) is 12.1. The maximum Gasteiger partial charge on any atom is 0.0477 e. The third-order valence-electron chi connectivity index (χ3n) is 3.48. The average Bonchev–Trinajstić information content (AvgIpc) is 2.79. The molecule has 1 heterocycles. The number of hydrogen-bond acceptors (Lipinski definition) is 3. The first-order valence-electron chi connectivity index (χ1n) is 6.66. The SMILES string of the molecule is CCCCCC1CC(c2ccc(N)cc2)NN1. The van der Waals surface area contributed by atoms with Crippen molar-refractivity contribution >= 4 is 5.69 Å². The van der Waals surface area contributed by atoms with Gasteiger partial charge in [0.2, 0.25) is 0 Å². The first kappa shape index (κ1) is 12.4. The number of unbranched alkanes of at least 4 members (excludes halogenated alkanes) is 2. The molecule has 4 N–H and O–H groups in total. The third-order valence-corrected chi connectivity index (χ3v) is 3.48. The predicted octanol–water partition coefficient (Wildman–Crippen LogP) is 2.76. The van der Waals surface area contributed by atoms with Gasteiger partial charge < -0.3 is 5.73 Å². The lowest BCUT2D eigenvalue weighted by atomic mass is 9.99. The molecule has 0 radical (unpaired) electrons. The number of rotatable bonds is 5. The molecule has 2 atom stereocenters. The van der Waals surface area contributed by atoms with Gasteiger partial charge in [0, 0.05) is 17.8 Å². The molecule has 1 saturated heterocycles. The molecule has 0 spiro atoms. The van der Waals surface area contributed by atoms with Crippen LogP contribution in [-0.4, -0.2) is 6.04 Å². The van der Waals surface area contributed by atoms with Crippen LogP contribution in [0.15, 0.2) is 24.3 Å². The van der Waals surface area contributed by atoms with Crippen molar-refractivity contribution in [3.8, 4) is 0 Å². The van der Waals surface area contributed by atoms with Gasteiger partial charge in [-0.3, -0.25) is 10.9 Å². The van der Waals surface area contributed by atoms with Crippen LogP contribution in [0.5, 0.6) is 0 Å². The largest absolute Gasteiger partial charge is 0.399 e. The van der Waals surface area contributed by atoms with Crippen molar-refractivity contribution in [2.75, 3.05) is 5.73 Å². The van der Waals surface area contributed by atoms with E-state index in [-0.39, 0.29) is 0 Å². The van der Waals surface area contributed by atoms with E-state index >= 15 is 0 Å². The highest BCUT2D eigenvalue weighted by molar-refractivity contribution is 5.40. The van der Waals surface area contributed by atoms with Crippen molar-refractivity contribution in [2.45, 2.75) is 51.1 Å². The first-order chi connectivity index (χ1) is 8.29. The highest BCUT2D eigenvalue weighted by atomic mass is 15.4. The minimum absolute atomic E-state index is 0.433. The topological polar surface area (TPSA) is 50.1 Å². The van der Waals surface area contributed by atoms with Crippen LogP contribution in [-0.2, 0) is 0 Å². The molecule has 0 aromatic heterocycles. The van der Waals surface area contributed by atoms with E-state index < -0.39 is 0 Å². The number of hydrogen-bond donors (Lipinski definition) is 3. The van der Waals surface area contributed by atoms with E-state index in [4.69, 9.17) is 5.73 Å². The minimum Gasteiger partial charge on any atom is -0.399 e. The smallest absolute Gasteiger partial charge is 0.0477 e. The second-order valence-corrected chi connectivity index (χ2v) is 4.94. The zero-order valence-electron chi connectivity index (χ0n) is 10.6. The third kappa shape index (κ3) is 3.45. The fourth-order valence-corrected chi connectivity index (χ4v) is 2.40. The van der Waals surface area contributed by atoms with Crippen molar-refractivity contribution in [1.29, 1.82) is 0 Å². The van der Waals surface area contributed by atoms with E-state index in [1.165, 1.54) is 37.7 Å². The van der Waals surface area contributed by atoms with Gasteiger partial charge in [-0.1, -0.05) is 38.3 Å². The maximum absolute atomic E-state index is 5.70. The van der Waals surface area contributed by atoms with E-state index in [1.807, 2.05) is 12.1 Å². The number of nitrogen functional groups attached to an aromatic ring is 1. The van der Waals surface area contributed by atoms with Crippen molar-refractivity contribution in [3.63, 3.8) is 0 Å². The van der Waals surface area contributed by atoms with Crippen LogP contribution in [0.2, 0.25) is 0 Å². The van der Waals surface area contributed by atoms with Gasteiger partial charge in [0.25, 0.3) is 0 Å². The molecule has 2 unspecified atom stereocenters. The predicted molar refractivity (Wildman–Crippen MR) is 72.4 cm³/mol. The normalized spacial score (nSPS) is 24.1. The minimum atomic E-state index is 0.433. The summed E-state index contributed by atoms with van der Waals surface area (Å²) in [6, 6.07) is 9.22. The molecule has 0 aliphatic carbocycles. The highest BCUT2D eigenvalue weighted by Crippen LogP contribution is 2.25. The Morgan fingerprint density at radius 2 is 1.94 bits per heavy atom. The van der Waals surface area contributed by atoms with Crippen LogP contribution >= 0.6 is 0 Å². The number of hydrazine groups is 1. The first-order valence-corrected chi connectivity index (χ1v) is 6.66. The number of anilines is 1. The molecule has 1 fully saturated rings. The van der Waals surface area contributed by atoms with Gasteiger partial charge >= 0.3 is 0 Å². The van der Waals surface area contributed by atoms with Crippen LogP contribution in [0, 0.1) is 0 Å². The molecular weight excluding hydrogens is 210 g/mol. The Morgan fingerprint density at radius 3 is 2.65 bits per heavy atom. The van der Waals surface area contributed by atoms with E-state index in [0.717, 1.165) is 5.69 Å². The van der Waals surface area contributed by atoms with Crippen LogP contribution < -0.4 is 16.6 Å². The summed E-state index contributed by atoms with van der Waals surface area (Å²) >= 11 is 0. The number of nitrogens with one attached hydrogen (secondary N) is 2. The lowest BCUT2D eigenvalue weighted by Crippen LogP contribution is -2.30. The summed E-state index contributed by atoms with van der Waals surface area (Å²) < 4.78 is 0. The standard InChI is InChI=1S/C14H23N3/c1-2-3-4-5-13-10-14(17-16-13)11-6-8-12(15)9-7-11/h6-9,13-14,16-17H,2-5,10,15H2,1H3. The van der Waals surface area contributed by atoms with Crippen molar-refractivity contribution in [1.82, 2.24) is 10.9 Å². The van der Waals surface area contributed by atoms with Crippen molar-refractivity contribution in [3.05, 3.63) is 29.8 Å². The van der Waals surface area contributed by atoms with Gasteiger partial charge in [0.1, 0.15) is 0 Å². The van der Waals surface area contributed by atoms with Gasteiger partial charge in [0.05, 0.1) is 0 Å². The van der Waals surface area contributed by atoms with E-state index in [0.29, 0.717) is 12.1 Å². The van der Waals surface area contributed by atoms with Crippen molar-refractivity contribution in [2.24, 2.45) is 0 Å². The fraction of sp³-hybridized carbons (Fsp3) is 0.571. The fourth-order valence-electron chi connectivity index (χ4n) is 2.40. The highest BCUT2D eigenvalue weighted by Gasteiger charge is 2.24. The molecule has 1 aliphatic rings. The number of benzene rings is 1. The second kappa shape index (κ2) is 6.03. The van der Waals surface area contributed by atoms with Gasteiger partial charge in [0.15, 0.2) is 0 Å². The van der Waals surface area contributed by atoms with E-state index in [1.54, 1.807) is 0 Å². The van der Waals surface area contributed by atoms with Gasteiger partial charge in [-0.2, -0.15) is 0 Å². The monoisotopic (exact) mass is 233 g/mol. The Labute approximate surface area is 104 Å². The van der Waals surface area contributed by atoms with Gasteiger partial charge in [-0.05, 0) is 30.5 Å². The molecular formula is C14H23N3. The molecule has 1 aliphatic heterocycles. The molecule has 0 saturated carbocycles. The summed E-state index contributed by atoms with van der Waals surface area (Å²) in [5.74, 6) is 0. The Morgan fingerprint density at radius 1 is 1.18 bits per heavy atom. The van der Waals surface area contributed by atoms with Crippen molar-refractivity contribution < 1.29 is 0 Å². The summed E-state index contributed by atoms with van der Waals surface area (Å²) in [4.78, 5) is 0. The van der Waals surface area contributed by atoms with Gasteiger partial charge in [-0.15, -0.1) is 0 Å².